The summed E-state index contributed by atoms with van der Waals surface area (Å²) in [7, 11) is 0. The highest BCUT2D eigenvalue weighted by molar-refractivity contribution is 7.99. The highest BCUT2D eigenvalue weighted by Crippen LogP contribution is 2.34. The lowest BCUT2D eigenvalue weighted by atomic mass is 10.1. The van der Waals surface area contributed by atoms with E-state index in [0.29, 0.717) is 11.3 Å². The van der Waals surface area contributed by atoms with Gasteiger partial charge in [0.15, 0.2) is 0 Å². The van der Waals surface area contributed by atoms with Crippen molar-refractivity contribution < 1.29 is 9.53 Å². The SMILES string of the molecule is C=C(C)C(=O)Oc1ccc(SCCCCCC)c2ccccc12. The van der Waals surface area contributed by atoms with Gasteiger partial charge in [0.1, 0.15) is 5.75 Å². The van der Waals surface area contributed by atoms with E-state index in [1.807, 2.05) is 42.1 Å². The van der Waals surface area contributed by atoms with Gasteiger partial charge in [-0.05, 0) is 36.6 Å². The average molecular weight is 328 g/mol. The minimum Gasteiger partial charge on any atom is -0.423 e. The number of rotatable bonds is 8. The van der Waals surface area contributed by atoms with Gasteiger partial charge in [-0.2, -0.15) is 0 Å². The molecule has 0 saturated carbocycles. The highest BCUT2D eigenvalue weighted by atomic mass is 32.2. The van der Waals surface area contributed by atoms with Gasteiger partial charge in [-0.1, -0.05) is 57.0 Å². The molecule has 0 unspecified atom stereocenters. The van der Waals surface area contributed by atoms with Crippen LogP contribution in [-0.4, -0.2) is 11.7 Å². The maximum absolute atomic E-state index is 11.8. The first-order chi connectivity index (χ1) is 11.1. The Bertz CT molecular complexity index is 691. The molecule has 0 amide bonds. The van der Waals surface area contributed by atoms with Gasteiger partial charge in [-0.15, -0.1) is 11.8 Å². The first-order valence-electron chi connectivity index (χ1n) is 8.15. The van der Waals surface area contributed by atoms with Crippen LogP contribution in [0.4, 0.5) is 0 Å². The molecule has 2 aromatic carbocycles. The number of unbranched alkanes of at least 4 members (excludes halogenated alkanes) is 3. The average Bonchev–Trinajstić information content (AvgIpc) is 2.56. The van der Waals surface area contributed by atoms with Crippen molar-refractivity contribution in [3.05, 3.63) is 48.6 Å². The molecule has 0 fully saturated rings. The molecule has 2 nitrogen and oxygen atoms in total. The van der Waals surface area contributed by atoms with Crippen molar-refractivity contribution in [2.75, 3.05) is 5.75 Å². The molecular formula is C20H24O2S. The Kier molecular flexibility index (Phi) is 6.72. The summed E-state index contributed by atoms with van der Waals surface area (Å²) in [5.74, 6) is 1.34. The third-order valence-corrected chi connectivity index (χ3v) is 4.81. The fourth-order valence-electron chi connectivity index (χ4n) is 2.36. The lowest BCUT2D eigenvalue weighted by molar-refractivity contribution is -0.129. The molecule has 0 saturated heterocycles. The maximum Gasteiger partial charge on any atom is 0.338 e. The molecule has 0 bridgehead atoms. The highest BCUT2D eigenvalue weighted by Gasteiger charge is 2.11. The van der Waals surface area contributed by atoms with E-state index in [1.54, 1.807) is 6.92 Å². The van der Waals surface area contributed by atoms with Crippen LogP contribution in [0.5, 0.6) is 5.75 Å². The Morgan fingerprint density at radius 1 is 1.09 bits per heavy atom. The quantitative estimate of drug-likeness (QED) is 0.196. The van der Waals surface area contributed by atoms with Crippen LogP contribution in [0.1, 0.15) is 39.5 Å². The third-order valence-electron chi connectivity index (χ3n) is 3.65. The normalized spacial score (nSPS) is 10.7. The van der Waals surface area contributed by atoms with E-state index in [4.69, 9.17) is 4.74 Å². The zero-order valence-electron chi connectivity index (χ0n) is 13.9. The topological polar surface area (TPSA) is 26.3 Å². The van der Waals surface area contributed by atoms with E-state index < -0.39 is 0 Å². The summed E-state index contributed by atoms with van der Waals surface area (Å²) in [6.07, 6.45) is 5.09. The largest absolute Gasteiger partial charge is 0.423 e. The molecule has 0 aromatic heterocycles. The van der Waals surface area contributed by atoms with E-state index in [2.05, 4.69) is 19.6 Å². The molecular weight excluding hydrogens is 304 g/mol. The smallest absolute Gasteiger partial charge is 0.338 e. The van der Waals surface area contributed by atoms with Crippen molar-refractivity contribution >= 4 is 28.5 Å². The van der Waals surface area contributed by atoms with Gasteiger partial charge in [0.2, 0.25) is 0 Å². The van der Waals surface area contributed by atoms with Crippen LogP contribution in [0.15, 0.2) is 53.4 Å². The van der Waals surface area contributed by atoms with Crippen molar-refractivity contribution in [3.63, 3.8) is 0 Å². The number of thioether (sulfide) groups is 1. The number of esters is 1. The Labute approximate surface area is 142 Å². The molecule has 3 heteroatoms. The van der Waals surface area contributed by atoms with Crippen LogP contribution in [0.2, 0.25) is 0 Å². The number of hydrogen-bond acceptors (Lipinski definition) is 3. The van der Waals surface area contributed by atoms with E-state index in [0.717, 1.165) is 16.5 Å². The molecule has 0 aliphatic carbocycles. The number of benzene rings is 2. The van der Waals surface area contributed by atoms with Gasteiger partial charge >= 0.3 is 5.97 Å². The van der Waals surface area contributed by atoms with Gasteiger partial charge in [0.05, 0.1) is 0 Å². The lowest BCUT2D eigenvalue weighted by Crippen LogP contribution is -2.08. The number of hydrogen-bond donors (Lipinski definition) is 0. The summed E-state index contributed by atoms with van der Waals surface area (Å²) in [6.45, 7) is 7.52. The monoisotopic (exact) mass is 328 g/mol. The molecule has 0 atom stereocenters. The Morgan fingerprint density at radius 2 is 1.83 bits per heavy atom. The summed E-state index contributed by atoms with van der Waals surface area (Å²) in [5.41, 5.74) is 0.406. The minimum absolute atomic E-state index is 0.380. The molecule has 0 aliphatic heterocycles. The Morgan fingerprint density at radius 3 is 2.52 bits per heavy atom. The predicted molar refractivity (Wildman–Crippen MR) is 99.3 cm³/mol. The molecule has 0 aliphatic rings. The standard InChI is InChI=1S/C20H24O2S/c1-4-5-6-9-14-23-19-13-12-18(22-20(21)15(2)3)16-10-7-8-11-17(16)19/h7-8,10-13H,2,4-6,9,14H2,1,3H3. The molecule has 0 radical (unpaired) electrons. The predicted octanol–water partition coefficient (Wildman–Crippen LogP) is 5.99. The van der Waals surface area contributed by atoms with Crippen LogP contribution in [-0.2, 0) is 4.79 Å². The first-order valence-corrected chi connectivity index (χ1v) is 9.14. The third kappa shape index (κ3) is 4.87. The van der Waals surface area contributed by atoms with Crippen LogP contribution >= 0.6 is 11.8 Å². The molecule has 2 aromatic rings. The second kappa shape index (κ2) is 8.78. The van der Waals surface area contributed by atoms with Crippen LogP contribution in [0, 0.1) is 0 Å². The summed E-state index contributed by atoms with van der Waals surface area (Å²) >= 11 is 1.88. The zero-order chi connectivity index (χ0) is 16.7. The summed E-state index contributed by atoms with van der Waals surface area (Å²) in [6, 6.07) is 12.0. The maximum atomic E-state index is 11.8. The van der Waals surface area contributed by atoms with Crippen LogP contribution in [0.3, 0.4) is 0 Å². The Balaban J connectivity index is 2.18. The fraction of sp³-hybridized carbons (Fsp3) is 0.350. The number of carbonyl (C=O) groups excluding carboxylic acids is 1. The minimum atomic E-state index is -0.380. The lowest BCUT2D eigenvalue weighted by Gasteiger charge is -2.11. The van der Waals surface area contributed by atoms with E-state index >= 15 is 0 Å². The fourth-order valence-corrected chi connectivity index (χ4v) is 3.42. The van der Waals surface area contributed by atoms with Crippen molar-refractivity contribution in [1.82, 2.24) is 0 Å². The second-order valence-corrected chi connectivity index (χ2v) is 6.82. The molecule has 2 rings (SSSR count). The van der Waals surface area contributed by atoms with Crippen LogP contribution < -0.4 is 4.74 Å². The summed E-state index contributed by atoms with van der Waals surface area (Å²) in [5, 5.41) is 2.11. The van der Waals surface area contributed by atoms with E-state index in [-0.39, 0.29) is 5.97 Å². The van der Waals surface area contributed by atoms with Crippen molar-refractivity contribution in [3.8, 4) is 5.75 Å². The van der Waals surface area contributed by atoms with E-state index in [1.165, 1.54) is 30.6 Å². The number of fused-ring (bicyclic) bond motifs is 1. The second-order valence-electron chi connectivity index (χ2n) is 5.69. The van der Waals surface area contributed by atoms with Gasteiger partial charge in [-0.3, -0.25) is 0 Å². The number of ether oxygens (including phenoxy) is 1. The summed E-state index contributed by atoms with van der Waals surface area (Å²) in [4.78, 5) is 13.0. The van der Waals surface area contributed by atoms with Crippen molar-refractivity contribution in [1.29, 1.82) is 0 Å². The molecule has 0 N–H and O–H groups in total. The van der Waals surface area contributed by atoms with E-state index in [9.17, 15) is 4.79 Å². The van der Waals surface area contributed by atoms with Crippen molar-refractivity contribution in [2.24, 2.45) is 0 Å². The van der Waals surface area contributed by atoms with Gasteiger partial charge in [-0.25, -0.2) is 4.79 Å². The zero-order valence-corrected chi connectivity index (χ0v) is 14.7. The molecule has 0 spiro atoms. The first kappa shape index (κ1) is 17.6. The summed E-state index contributed by atoms with van der Waals surface area (Å²) < 4.78 is 5.45. The van der Waals surface area contributed by atoms with Crippen molar-refractivity contribution in [2.45, 2.75) is 44.4 Å². The molecule has 0 heterocycles. The van der Waals surface area contributed by atoms with Gasteiger partial charge in [0.25, 0.3) is 0 Å². The van der Waals surface area contributed by atoms with Crippen LogP contribution in [0.25, 0.3) is 10.8 Å². The van der Waals surface area contributed by atoms with Gasteiger partial charge in [0, 0.05) is 15.9 Å². The number of carbonyl (C=O) groups is 1. The Hall–Kier alpha value is -1.74. The molecule has 122 valence electrons. The molecule has 23 heavy (non-hydrogen) atoms. The van der Waals surface area contributed by atoms with Gasteiger partial charge < -0.3 is 4.74 Å².